The van der Waals surface area contributed by atoms with Crippen LogP contribution in [0.2, 0.25) is 0 Å². The standard InChI is InChI=1S/C17H23N5O4S/c1-13-5-4-6-14-16(13)18-12-21(17(14)24)11-15(23)20-7-9-22(10-8-20)27(25,26)19(2)3/h4-6,12H,7-11H2,1-3H3. The van der Waals surface area contributed by atoms with E-state index in [0.29, 0.717) is 24.0 Å². The van der Waals surface area contributed by atoms with Gasteiger partial charge in [0, 0.05) is 40.3 Å². The van der Waals surface area contributed by atoms with Crippen molar-refractivity contribution in [3.63, 3.8) is 0 Å². The first-order valence-corrected chi connectivity index (χ1v) is 10.0. The van der Waals surface area contributed by atoms with Crippen molar-refractivity contribution < 1.29 is 13.2 Å². The number of fused-ring (bicyclic) bond motifs is 1. The number of amides is 1. The molecule has 0 atom stereocenters. The van der Waals surface area contributed by atoms with Crippen LogP contribution in [0.15, 0.2) is 29.3 Å². The van der Waals surface area contributed by atoms with Crippen molar-refractivity contribution in [3.8, 4) is 0 Å². The largest absolute Gasteiger partial charge is 0.338 e. The normalized spacial score (nSPS) is 16.2. The van der Waals surface area contributed by atoms with E-state index >= 15 is 0 Å². The van der Waals surface area contributed by atoms with Crippen molar-refractivity contribution in [1.82, 2.24) is 23.1 Å². The molecule has 27 heavy (non-hydrogen) atoms. The zero-order valence-corrected chi connectivity index (χ0v) is 16.4. The highest BCUT2D eigenvalue weighted by atomic mass is 32.2. The second-order valence-electron chi connectivity index (χ2n) is 6.72. The summed E-state index contributed by atoms with van der Waals surface area (Å²) in [5.41, 5.74) is 1.28. The Balaban J connectivity index is 1.71. The van der Waals surface area contributed by atoms with Crippen molar-refractivity contribution in [2.45, 2.75) is 13.5 Å². The topological polar surface area (TPSA) is 95.8 Å². The fourth-order valence-corrected chi connectivity index (χ4v) is 4.18. The number of carbonyl (C=O) groups is 1. The van der Waals surface area contributed by atoms with Crippen molar-refractivity contribution in [3.05, 3.63) is 40.4 Å². The molecule has 1 aromatic carbocycles. The lowest BCUT2D eigenvalue weighted by Gasteiger charge is -2.35. The van der Waals surface area contributed by atoms with Gasteiger partial charge in [-0.05, 0) is 18.6 Å². The Morgan fingerprint density at radius 1 is 1.19 bits per heavy atom. The molecule has 10 heteroatoms. The van der Waals surface area contributed by atoms with Crippen molar-refractivity contribution in [2.24, 2.45) is 0 Å². The predicted octanol–water partition coefficient (Wildman–Crippen LogP) is -0.344. The first kappa shape index (κ1) is 19.5. The second kappa shape index (κ2) is 7.37. The third kappa shape index (κ3) is 3.73. The van der Waals surface area contributed by atoms with Crippen LogP contribution >= 0.6 is 0 Å². The first-order valence-electron chi connectivity index (χ1n) is 8.62. The fourth-order valence-electron chi connectivity index (χ4n) is 3.09. The summed E-state index contributed by atoms with van der Waals surface area (Å²) in [5.74, 6) is -0.229. The Morgan fingerprint density at radius 3 is 2.48 bits per heavy atom. The van der Waals surface area contributed by atoms with Gasteiger partial charge in [0.05, 0.1) is 17.2 Å². The predicted molar refractivity (Wildman–Crippen MR) is 101 cm³/mol. The molecule has 0 aliphatic carbocycles. The molecule has 0 spiro atoms. The van der Waals surface area contributed by atoms with E-state index in [9.17, 15) is 18.0 Å². The third-order valence-corrected chi connectivity index (χ3v) is 6.68. The molecule has 1 aliphatic rings. The highest BCUT2D eigenvalue weighted by molar-refractivity contribution is 7.86. The third-order valence-electron chi connectivity index (χ3n) is 4.74. The molecule has 1 saturated heterocycles. The van der Waals surface area contributed by atoms with Gasteiger partial charge in [-0.2, -0.15) is 17.0 Å². The monoisotopic (exact) mass is 393 g/mol. The van der Waals surface area contributed by atoms with E-state index in [-0.39, 0.29) is 31.1 Å². The molecule has 1 amide bonds. The van der Waals surface area contributed by atoms with E-state index in [0.717, 1.165) is 9.87 Å². The van der Waals surface area contributed by atoms with Crippen LogP contribution in [0, 0.1) is 6.92 Å². The number of rotatable bonds is 4. The minimum atomic E-state index is -3.48. The van der Waals surface area contributed by atoms with Gasteiger partial charge in [0.25, 0.3) is 15.8 Å². The van der Waals surface area contributed by atoms with Gasteiger partial charge < -0.3 is 4.90 Å². The summed E-state index contributed by atoms with van der Waals surface area (Å²) >= 11 is 0. The summed E-state index contributed by atoms with van der Waals surface area (Å²) < 4.78 is 28.1. The molecular formula is C17H23N5O4S. The van der Waals surface area contributed by atoms with Crippen LogP contribution in [-0.2, 0) is 21.5 Å². The average molecular weight is 393 g/mol. The molecule has 3 rings (SSSR count). The number of aryl methyl sites for hydroxylation is 1. The van der Waals surface area contributed by atoms with Crippen LogP contribution in [0.4, 0.5) is 0 Å². The Morgan fingerprint density at radius 2 is 1.85 bits per heavy atom. The summed E-state index contributed by atoms with van der Waals surface area (Å²) in [6, 6.07) is 5.37. The molecule has 1 fully saturated rings. The Hall–Kier alpha value is -2.30. The van der Waals surface area contributed by atoms with Gasteiger partial charge in [0.1, 0.15) is 6.54 Å². The van der Waals surface area contributed by atoms with Gasteiger partial charge in [-0.25, -0.2) is 4.98 Å². The molecule has 0 bridgehead atoms. The van der Waals surface area contributed by atoms with Gasteiger partial charge in [-0.3, -0.25) is 14.2 Å². The lowest BCUT2D eigenvalue weighted by Crippen LogP contribution is -2.53. The molecule has 9 nitrogen and oxygen atoms in total. The SMILES string of the molecule is Cc1cccc2c(=O)n(CC(=O)N3CCN(S(=O)(=O)N(C)C)CC3)cnc12. The number of benzene rings is 1. The summed E-state index contributed by atoms with van der Waals surface area (Å²) in [5, 5.41) is 0.479. The van der Waals surface area contributed by atoms with Crippen LogP contribution in [0.1, 0.15) is 5.56 Å². The highest BCUT2D eigenvalue weighted by Gasteiger charge is 2.30. The molecule has 1 aromatic heterocycles. The van der Waals surface area contributed by atoms with E-state index < -0.39 is 10.2 Å². The maximum Gasteiger partial charge on any atom is 0.281 e. The minimum Gasteiger partial charge on any atom is -0.338 e. The zero-order valence-electron chi connectivity index (χ0n) is 15.6. The van der Waals surface area contributed by atoms with E-state index in [1.165, 1.54) is 29.3 Å². The summed E-state index contributed by atoms with van der Waals surface area (Å²) in [7, 11) is -0.520. The zero-order chi connectivity index (χ0) is 19.8. The Kier molecular flexibility index (Phi) is 5.31. The fraction of sp³-hybridized carbons (Fsp3) is 0.471. The number of nitrogens with zero attached hydrogens (tertiary/aromatic N) is 5. The maximum atomic E-state index is 12.6. The van der Waals surface area contributed by atoms with E-state index in [2.05, 4.69) is 4.98 Å². The average Bonchev–Trinajstić information content (AvgIpc) is 2.64. The van der Waals surface area contributed by atoms with Crippen LogP contribution in [0.25, 0.3) is 10.9 Å². The molecule has 0 radical (unpaired) electrons. The number of carbonyl (C=O) groups excluding carboxylic acids is 1. The molecule has 0 N–H and O–H groups in total. The van der Waals surface area contributed by atoms with Gasteiger partial charge in [-0.15, -0.1) is 0 Å². The van der Waals surface area contributed by atoms with E-state index in [1.54, 1.807) is 17.0 Å². The maximum absolute atomic E-state index is 12.6. The van der Waals surface area contributed by atoms with Crippen molar-refractivity contribution >= 4 is 27.0 Å². The first-order chi connectivity index (χ1) is 12.7. The molecule has 0 saturated carbocycles. The quantitative estimate of drug-likeness (QED) is 0.708. The van der Waals surface area contributed by atoms with Gasteiger partial charge in [-0.1, -0.05) is 12.1 Å². The number of aromatic nitrogens is 2. The van der Waals surface area contributed by atoms with E-state index in [4.69, 9.17) is 0 Å². The molecule has 146 valence electrons. The number of para-hydroxylation sites is 1. The van der Waals surface area contributed by atoms with Crippen LogP contribution < -0.4 is 5.56 Å². The summed E-state index contributed by atoms with van der Waals surface area (Å²) in [6.07, 6.45) is 1.39. The summed E-state index contributed by atoms with van der Waals surface area (Å²) in [4.78, 5) is 31.1. The lowest BCUT2D eigenvalue weighted by molar-refractivity contribution is -0.133. The smallest absolute Gasteiger partial charge is 0.281 e. The molecular weight excluding hydrogens is 370 g/mol. The van der Waals surface area contributed by atoms with Crippen LogP contribution in [0.5, 0.6) is 0 Å². The van der Waals surface area contributed by atoms with Gasteiger partial charge in [0.15, 0.2) is 0 Å². The number of hydrogen-bond acceptors (Lipinski definition) is 5. The molecule has 2 aromatic rings. The Labute approximate surface area is 158 Å². The lowest BCUT2D eigenvalue weighted by atomic mass is 10.1. The summed E-state index contributed by atoms with van der Waals surface area (Å²) in [6.45, 7) is 2.82. The van der Waals surface area contributed by atoms with Crippen molar-refractivity contribution in [2.75, 3.05) is 40.3 Å². The van der Waals surface area contributed by atoms with Crippen LogP contribution in [0.3, 0.4) is 0 Å². The Bertz CT molecular complexity index is 1020. The van der Waals surface area contributed by atoms with Crippen LogP contribution in [-0.4, -0.2) is 77.7 Å². The van der Waals surface area contributed by atoms with Crippen molar-refractivity contribution in [1.29, 1.82) is 0 Å². The second-order valence-corrected chi connectivity index (χ2v) is 8.86. The van der Waals surface area contributed by atoms with E-state index in [1.807, 2.05) is 13.0 Å². The highest BCUT2D eigenvalue weighted by Crippen LogP contribution is 2.12. The number of hydrogen-bond donors (Lipinski definition) is 0. The molecule has 1 aliphatic heterocycles. The molecule has 0 unspecified atom stereocenters. The minimum absolute atomic E-state index is 0.115. The van der Waals surface area contributed by atoms with Gasteiger partial charge >= 0.3 is 0 Å². The van der Waals surface area contributed by atoms with Gasteiger partial charge in [0.2, 0.25) is 5.91 Å². The number of piperazine rings is 1. The molecule has 2 heterocycles.